The third-order valence-electron chi connectivity index (χ3n) is 6.67. The fraction of sp³-hybridized carbons (Fsp3) is 0.435. The minimum absolute atomic E-state index is 0.00443. The number of ether oxygens (including phenoxy) is 2. The second-order valence-corrected chi connectivity index (χ2v) is 9.06. The van der Waals surface area contributed by atoms with Crippen LogP contribution in [-0.4, -0.2) is 52.9 Å². The van der Waals surface area contributed by atoms with Gasteiger partial charge in [-0.1, -0.05) is 0 Å². The third-order valence-corrected chi connectivity index (χ3v) is 6.67. The monoisotopic (exact) mass is 526 g/mol. The summed E-state index contributed by atoms with van der Waals surface area (Å²) in [6, 6.07) is 2.53. The fourth-order valence-corrected chi connectivity index (χ4v) is 4.57. The predicted octanol–water partition coefficient (Wildman–Crippen LogP) is 5.12. The van der Waals surface area contributed by atoms with Crippen molar-refractivity contribution >= 4 is 28.6 Å². The number of anilines is 2. The highest BCUT2D eigenvalue weighted by Gasteiger charge is 2.45. The first-order valence-corrected chi connectivity index (χ1v) is 11.5. The smallest absolute Gasteiger partial charge is 0.419 e. The van der Waals surface area contributed by atoms with Crippen LogP contribution in [0.5, 0.6) is 5.75 Å². The van der Waals surface area contributed by atoms with Gasteiger partial charge in [-0.2, -0.15) is 22.0 Å². The Bertz CT molecular complexity index is 1310. The molecule has 5 rings (SSSR count). The lowest BCUT2D eigenvalue weighted by Gasteiger charge is -2.30. The lowest BCUT2D eigenvalue weighted by atomic mass is 9.99. The van der Waals surface area contributed by atoms with Crippen molar-refractivity contribution in [3.05, 3.63) is 30.1 Å². The molecule has 1 saturated carbocycles. The van der Waals surface area contributed by atoms with Crippen LogP contribution >= 0.6 is 0 Å². The molecule has 0 unspecified atom stereocenters. The molecule has 14 heteroatoms. The average Bonchev–Trinajstić information content (AvgIpc) is 3.46. The molecule has 3 heterocycles. The van der Waals surface area contributed by atoms with Crippen molar-refractivity contribution in [2.24, 2.45) is 0 Å². The zero-order valence-electron chi connectivity index (χ0n) is 19.5. The van der Waals surface area contributed by atoms with E-state index in [1.165, 1.54) is 18.3 Å². The van der Waals surface area contributed by atoms with Crippen LogP contribution in [0.25, 0.3) is 22.2 Å². The second kappa shape index (κ2) is 9.32. The molecule has 198 valence electrons. The van der Waals surface area contributed by atoms with Gasteiger partial charge in [0.15, 0.2) is 5.75 Å². The van der Waals surface area contributed by atoms with E-state index in [1.807, 2.05) is 0 Å². The molecule has 1 saturated heterocycles. The molecule has 0 radical (unpaired) electrons. The predicted molar refractivity (Wildman–Crippen MR) is 124 cm³/mol. The lowest BCUT2D eigenvalue weighted by molar-refractivity contribution is -0.137. The third kappa shape index (κ3) is 5.10. The molecule has 1 atom stereocenters. The van der Waals surface area contributed by atoms with Gasteiger partial charge in [0, 0.05) is 41.5 Å². The highest BCUT2D eigenvalue weighted by Crippen LogP contribution is 2.44. The summed E-state index contributed by atoms with van der Waals surface area (Å²) < 4.78 is 77.1. The minimum atomic E-state index is -4.78. The van der Waals surface area contributed by atoms with Crippen molar-refractivity contribution in [2.45, 2.75) is 50.1 Å². The molecule has 2 aliphatic rings. The standard InChI is InChI=1S/C23H23F5N6O3/c1-36-21(35)33-15-3-2-12-13(9-29-17(12)18(15)37-19(24)25)16-14(23(26,27)28)10-30-20(34-16)32-11-4-5-22(6-7-22)31-8-11/h2-3,9-11,19,29,31H,4-8H2,1H3,(H,33,35)(H,30,32,34)/t11-/m0/s1. The Morgan fingerprint density at radius 1 is 1.24 bits per heavy atom. The maximum absolute atomic E-state index is 13.9. The van der Waals surface area contributed by atoms with Crippen LogP contribution < -0.4 is 20.7 Å². The molecule has 4 N–H and O–H groups in total. The number of piperidine rings is 1. The number of aromatic nitrogens is 3. The van der Waals surface area contributed by atoms with E-state index < -0.39 is 35.9 Å². The molecule has 1 aliphatic heterocycles. The van der Waals surface area contributed by atoms with E-state index in [0.29, 0.717) is 12.7 Å². The van der Waals surface area contributed by atoms with Crippen LogP contribution in [0.15, 0.2) is 24.5 Å². The number of hydrogen-bond donors (Lipinski definition) is 4. The maximum Gasteiger partial charge on any atom is 0.419 e. The lowest BCUT2D eigenvalue weighted by Crippen LogP contribution is -2.46. The molecule has 1 aromatic carbocycles. The summed E-state index contributed by atoms with van der Waals surface area (Å²) in [5.74, 6) is -0.448. The quantitative estimate of drug-likeness (QED) is 0.330. The van der Waals surface area contributed by atoms with Gasteiger partial charge >= 0.3 is 18.9 Å². The van der Waals surface area contributed by atoms with E-state index in [-0.39, 0.29) is 39.7 Å². The van der Waals surface area contributed by atoms with Gasteiger partial charge in [0.05, 0.1) is 24.0 Å². The summed E-state index contributed by atoms with van der Waals surface area (Å²) >= 11 is 0. The van der Waals surface area contributed by atoms with E-state index in [1.54, 1.807) is 0 Å². The van der Waals surface area contributed by atoms with Gasteiger partial charge in [-0.3, -0.25) is 5.32 Å². The number of halogens is 5. The average molecular weight is 526 g/mol. The Hall–Kier alpha value is -3.68. The first-order chi connectivity index (χ1) is 17.6. The highest BCUT2D eigenvalue weighted by molar-refractivity contribution is 6.03. The van der Waals surface area contributed by atoms with E-state index in [2.05, 4.69) is 40.4 Å². The first kappa shape index (κ1) is 25.0. The number of alkyl halides is 5. The molecule has 2 aromatic heterocycles. The molecule has 1 spiro atoms. The van der Waals surface area contributed by atoms with Gasteiger partial charge in [0.2, 0.25) is 5.95 Å². The molecule has 1 amide bonds. The molecular weight excluding hydrogens is 503 g/mol. The highest BCUT2D eigenvalue weighted by atomic mass is 19.4. The Kier molecular flexibility index (Phi) is 6.30. The van der Waals surface area contributed by atoms with Crippen LogP contribution in [0.1, 0.15) is 31.2 Å². The SMILES string of the molecule is COC(=O)Nc1ccc2c(-c3nc(N[C@H]4CCC5(CC5)NC4)ncc3C(F)(F)F)c[nH]c2c1OC(F)F. The Balaban J connectivity index is 1.54. The first-order valence-electron chi connectivity index (χ1n) is 11.5. The number of nitrogens with zero attached hydrogens (tertiary/aromatic N) is 2. The summed E-state index contributed by atoms with van der Waals surface area (Å²) in [6.07, 6.45) is 0.208. The summed E-state index contributed by atoms with van der Waals surface area (Å²) in [4.78, 5) is 22.4. The van der Waals surface area contributed by atoms with E-state index in [9.17, 15) is 26.7 Å². The number of hydrogen-bond acceptors (Lipinski definition) is 7. The summed E-state index contributed by atoms with van der Waals surface area (Å²) in [7, 11) is 1.08. The maximum atomic E-state index is 13.9. The zero-order valence-corrected chi connectivity index (χ0v) is 19.5. The number of H-pyrrole nitrogens is 1. The summed E-state index contributed by atoms with van der Waals surface area (Å²) in [5.41, 5.74) is -1.55. The minimum Gasteiger partial charge on any atom is -0.453 e. The van der Waals surface area contributed by atoms with Crippen LogP contribution in [0.3, 0.4) is 0 Å². The van der Waals surface area contributed by atoms with Crippen molar-refractivity contribution in [1.29, 1.82) is 0 Å². The van der Waals surface area contributed by atoms with Gasteiger partial charge in [0.25, 0.3) is 0 Å². The molecule has 9 nitrogen and oxygen atoms in total. The van der Waals surface area contributed by atoms with Crippen molar-refractivity contribution in [1.82, 2.24) is 20.3 Å². The molecular formula is C23H23F5N6O3. The number of aromatic amines is 1. The second-order valence-electron chi connectivity index (χ2n) is 9.06. The Labute approximate surface area is 207 Å². The number of methoxy groups -OCH3 is 1. The number of amides is 1. The number of rotatable bonds is 6. The van der Waals surface area contributed by atoms with E-state index in [0.717, 1.165) is 32.8 Å². The van der Waals surface area contributed by atoms with Crippen LogP contribution in [0, 0.1) is 0 Å². The fourth-order valence-electron chi connectivity index (χ4n) is 4.57. The summed E-state index contributed by atoms with van der Waals surface area (Å²) in [5, 5.41) is 8.94. The van der Waals surface area contributed by atoms with E-state index >= 15 is 0 Å². The van der Waals surface area contributed by atoms with Gasteiger partial charge in [-0.05, 0) is 37.8 Å². The number of carbonyl (C=O) groups is 1. The summed E-state index contributed by atoms with van der Waals surface area (Å²) in [6.45, 7) is -2.63. The van der Waals surface area contributed by atoms with Crippen molar-refractivity contribution in [2.75, 3.05) is 24.3 Å². The molecule has 1 aliphatic carbocycles. The molecule has 0 bridgehead atoms. The molecule has 3 aromatic rings. The normalized spacial score (nSPS) is 18.7. The van der Waals surface area contributed by atoms with Crippen LogP contribution in [0.2, 0.25) is 0 Å². The van der Waals surface area contributed by atoms with Crippen LogP contribution in [0.4, 0.5) is 38.4 Å². The van der Waals surface area contributed by atoms with Crippen molar-refractivity contribution < 1.29 is 36.2 Å². The van der Waals surface area contributed by atoms with Gasteiger partial charge < -0.3 is 25.1 Å². The Morgan fingerprint density at radius 2 is 2.03 bits per heavy atom. The number of fused-ring (bicyclic) bond motifs is 1. The number of nitrogens with one attached hydrogen (secondary N) is 4. The van der Waals surface area contributed by atoms with Gasteiger partial charge in [-0.25, -0.2) is 14.8 Å². The topological polar surface area (TPSA) is 113 Å². The Morgan fingerprint density at radius 3 is 2.65 bits per heavy atom. The largest absolute Gasteiger partial charge is 0.453 e. The zero-order chi connectivity index (χ0) is 26.4. The van der Waals surface area contributed by atoms with Crippen molar-refractivity contribution in [3.8, 4) is 17.0 Å². The number of benzene rings is 1. The number of carbonyl (C=O) groups excluding carboxylic acids is 1. The van der Waals surface area contributed by atoms with E-state index in [4.69, 9.17) is 0 Å². The van der Waals surface area contributed by atoms with Crippen LogP contribution in [-0.2, 0) is 10.9 Å². The van der Waals surface area contributed by atoms with Gasteiger partial charge in [-0.15, -0.1) is 0 Å². The van der Waals surface area contributed by atoms with Crippen molar-refractivity contribution in [3.63, 3.8) is 0 Å². The van der Waals surface area contributed by atoms with Gasteiger partial charge in [0.1, 0.15) is 5.56 Å². The molecule has 2 fully saturated rings. The molecule has 37 heavy (non-hydrogen) atoms.